The zero-order valence-corrected chi connectivity index (χ0v) is 22.0. The van der Waals surface area contributed by atoms with Crippen molar-refractivity contribution < 1.29 is 23.6 Å². The zero-order chi connectivity index (χ0) is 27.6. The van der Waals surface area contributed by atoms with Crippen molar-refractivity contribution in [3.8, 4) is 5.69 Å². The number of nitrogens with zero attached hydrogens (tertiary/aromatic N) is 6. The summed E-state index contributed by atoms with van der Waals surface area (Å²) >= 11 is 2.92. The first-order chi connectivity index (χ1) is 18.1. The molecule has 1 aliphatic carbocycles. The fraction of sp³-hybridized carbons (Fsp3) is 0.280. The summed E-state index contributed by atoms with van der Waals surface area (Å²) in [6.07, 6.45) is 5.23. The van der Waals surface area contributed by atoms with Gasteiger partial charge in [-0.15, -0.1) is 0 Å². The SMILES string of the molecule is C[C@@H](O)c1cc(F)ccc1-n1nccc1C(=O)c1cc(C2CCC2)n(C)n1.O=[N+]([O-])c1ncc(Br)cc1F. The van der Waals surface area contributed by atoms with Gasteiger partial charge in [-0.3, -0.25) is 9.48 Å². The highest BCUT2D eigenvalue weighted by atomic mass is 79.9. The number of aromatic nitrogens is 5. The minimum atomic E-state index is -0.940. The van der Waals surface area contributed by atoms with E-state index in [9.17, 15) is 28.8 Å². The first-order valence-electron chi connectivity index (χ1n) is 11.6. The van der Waals surface area contributed by atoms with Crippen molar-refractivity contribution in [2.45, 2.75) is 38.2 Å². The Bertz CT molecular complexity index is 1500. The van der Waals surface area contributed by atoms with Crippen molar-refractivity contribution in [3.05, 3.63) is 97.7 Å². The number of halogens is 3. The Hall–Kier alpha value is -3.84. The predicted octanol–water partition coefficient (Wildman–Crippen LogP) is 5.19. The Morgan fingerprint density at radius 2 is 1.97 bits per heavy atom. The van der Waals surface area contributed by atoms with Crippen LogP contribution in [0.15, 0.2) is 53.3 Å². The molecule has 0 aliphatic heterocycles. The van der Waals surface area contributed by atoms with Gasteiger partial charge < -0.3 is 15.2 Å². The van der Waals surface area contributed by atoms with E-state index in [1.807, 2.05) is 13.1 Å². The third kappa shape index (κ3) is 5.68. The first-order valence-corrected chi connectivity index (χ1v) is 12.4. The fourth-order valence-electron chi connectivity index (χ4n) is 4.07. The van der Waals surface area contributed by atoms with Crippen LogP contribution in [-0.2, 0) is 7.05 Å². The maximum absolute atomic E-state index is 13.6. The van der Waals surface area contributed by atoms with Gasteiger partial charge in [-0.25, -0.2) is 9.07 Å². The number of hydrogen-bond donors (Lipinski definition) is 1. The van der Waals surface area contributed by atoms with E-state index >= 15 is 0 Å². The molecule has 1 atom stereocenters. The molecule has 1 aliphatic rings. The third-order valence-electron chi connectivity index (χ3n) is 6.18. The van der Waals surface area contributed by atoms with E-state index < -0.39 is 28.5 Å². The molecule has 1 N–H and O–H groups in total. The van der Waals surface area contributed by atoms with E-state index in [-0.39, 0.29) is 5.78 Å². The van der Waals surface area contributed by atoms with Gasteiger partial charge in [0.15, 0.2) is 6.20 Å². The topological polar surface area (TPSA) is 129 Å². The van der Waals surface area contributed by atoms with Crippen LogP contribution >= 0.6 is 15.9 Å². The minimum Gasteiger partial charge on any atom is -0.389 e. The number of aliphatic hydroxyl groups excluding tert-OH is 1. The van der Waals surface area contributed by atoms with Gasteiger partial charge in [0.1, 0.15) is 17.2 Å². The lowest BCUT2D eigenvalue weighted by atomic mass is 9.83. The second-order valence-electron chi connectivity index (χ2n) is 8.76. The number of aryl methyl sites for hydroxylation is 1. The summed E-state index contributed by atoms with van der Waals surface area (Å²) in [5, 5.41) is 28.6. The molecule has 0 unspecified atom stereocenters. The van der Waals surface area contributed by atoms with Gasteiger partial charge in [0.25, 0.3) is 0 Å². The summed E-state index contributed by atoms with van der Waals surface area (Å²) in [5.41, 5.74) is 2.59. The molecular weight excluding hydrogens is 566 g/mol. The van der Waals surface area contributed by atoms with Gasteiger partial charge >= 0.3 is 5.82 Å². The van der Waals surface area contributed by atoms with Gasteiger partial charge in [-0.2, -0.15) is 14.6 Å². The van der Waals surface area contributed by atoms with Gasteiger partial charge in [0.2, 0.25) is 11.6 Å². The van der Waals surface area contributed by atoms with Crippen LogP contribution in [0.2, 0.25) is 0 Å². The molecule has 5 rings (SSSR count). The van der Waals surface area contributed by atoms with Crippen LogP contribution in [0.3, 0.4) is 0 Å². The molecule has 1 aromatic carbocycles. The number of pyridine rings is 1. The van der Waals surface area contributed by atoms with Crippen molar-refractivity contribution in [3.63, 3.8) is 0 Å². The molecule has 198 valence electrons. The molecule has 1 saturated carbocycles. The van der Waals surface area contributed by atoms with Gasteiger partial charge in [-0.1, -0.05) is 6.42 Å². The number of nitro groups is 1. The third-order valence-corrected chi connectivity index (χ3v) is 6.61. The number of aliphatic hydroxyl groups is 1. The lowest BCUT2D eigenvalue weighted by Gasteiger charge is -2.25. The van der Waals surface area contributed by atoms with Crippen molar-refractivity contribution in [2.24, 2.45) is 7.05 Å². The molecule has 0 radical (unpaired) electrons. The van der Waals surface area contributed by atoms with E-state index in [2.05, 4.69) is 31.1 Å². The van der Waals surface area contributed by atoms with Crippen molar-refractivity contribution in [2.75, 3.05) is 0 Å². The molecule has 0 spiro atoms. The van der Waals surface area contributed by atoms with Gasteiger partial charge in [0.05, 0.1) is 22.5 Å². The van der Waals surface area contributed by atoms with E-state index in [1.54, 1.807) is 17.7 Å². The lowest BCUT2D eigenvalue weighted by Crippen LogP contribution is -2.13. The van der Waals surface area contributed by atoms with Crippen LogP contribution in [0.25, 0.3) is 5.69 Å². The Kier molecular flexibility index (Phi) is 8.07. The first kappa shape index (κ1) is 27.2. The molecule has 4 aromatic rings. The molecular formula is C25H23BrF2N6O4. The number of ketones is 1. The smallest absolute Gasteiger partial charge is 0.389 e. The lowest BCUT2D eigenvalue weighted by molar-refractivity contribution is -0.392. The number of hydrogen-bond acceptors (Lipinski definition) is 7. The average Bonchev–Trinajstić information content (AvgIpc) is 3.45. The summed E-state index contributed by atoms with van der Waals surface area (Å²) in [7, 11) is 1.85. The summed E-state index contributed by atoms with van der Waals surface area (Å²) < 4.78 is 29.8. The van der Waals surface area contributed by atoms with Crippen molar-refractivity contribution >= 4 is 27.5 Å². The highest BCUT2D eigenvalue weighted by Gasteiger charge is 2.27. The van der Waals surface area contributed by atoms with E-state index in [4.69, 9.17) is 0 Å². The number of rotatable bonds is 6. The van der Waals surface area contributed by atoms with Crippen molar-refractivity contribution in [1.82, 2.24) is 24.5 Å². The van der Waals surface area contributed by atoms with Crippen LogP contribution in [0.4, 0.5) is 14.6 Å². The Balaban J connectivity index is 0.000000257. The number of carbonyl (C=O) groups excluding carboxylic acids is 1. The highest BCUT2D eigenvalue weighted by Crippen LogP contribution is 2.36. The zero-order valence-electron chi connectivity index (χ0n) is 20.4. The molecule has 13 heteroatoms. The summed E-state index contributed by atoms with van der Waals surface area (Å²) in [5.74, 6) is -1.94. The Morgan fingerprint density at radius 1 is 1.24 bits per heavy atom. The largest absolute Gasteiger partial charge is 0.399 e. The predicted molar refractivity (Wildman–Crippen MR) is 136 cm³/mol. The van der Waals surface area contributed by atoms with Gasteiger partial charge in [0, 0.05) is 30.3 Å². The summed E-state index contributed by atoms with van der Waals surface area (Å²) in [6.45, 7) is 1.55. The Labute approximate surface area is 224 Å². The van der Waals surface area contributed by atoms with E-state index in [1.165, 1.54) is 41.7 Å². The van der Waals surface area contributed by atoms with E-state index in [0.29, 0.717) is 33.0 Å². The van der Waals surface area contributed by atoms with Crippen molar-refractivity contribution in [1.29, 1.82) is 0 Å². The quantitative estimate of drug-likeness (QED) is 0.186. The maximum Gasteiger partial charge on any atom is 0.399 e. The molecule has 0 bridgehead atoms. The fourth-order valence-corrected chi connectivity index (χ4v) is 4.38. The summed E-state index contributed by atoms with van der Waals surface area (Å²) in [6, 6.07) is 8.50. The minimum absolute atomic E-state index is 0.255. The van der Waals surface area contributed by atoms with Crippen LogP contribution in [-0.4, -0.2) is 40.4 Å². The standard InChI is InChI=1S/C20H21FN4O2.C5H2BrFN2O2/c1-12(26)15-10-14(21)6-7-17(15)25-18(8-9-22-25)20(27)16-11-19(24(2)23-16)13-4-3-5-13;6-3-1-4(7)5(8-2-3)9(10)11/h6-13,26H,3-5H2,1-2H3;1-2H/t12-;/m1./s1. The van der Waals surface area contributed by atoms with Crippen LogP contribution in [0, 0.1) is 21.7 Å². The summed E-state index contributed by atoms with van der Waals surface area (Å²) in [4.78, 5) is 25.5. The number of benzene rings is 1. The molecule has 1 fully saturated rings. The van der Waals surface area contributed by atoms with Crippen LogP contribution < -0.4 is 0 Å². The molecule has 0 amide bonds. The number of carbonyl (C=O) groups is 1. The highest BCUT2D eigenvalue weighted by molar-refractivity contribution is 9.10. The maximum atomic E-state index is 13.6. The Morgan fingerprint density at radius 3 is 2.58 bits per heavy atom. The second-order valence-corrected chi connectivity index (χ2v) is 9.67. The average molecular weight is 589 g/mol. The normalized spacial score (nSPS) is 13.8. The van der Waals surface area contributed by atoms with E-state index in [0.717, 1.165) is 24.6 Å². The molecule has 38 heavy (non-hydrogen) atoms. The van der Waals surface area contributed by atoms with Gasteiger partial charge in [-0.05, 0) is 75.9 Å². The molecule has 3 aromatic heterocycles. The monoisotopic (exact) mass is 588 g/mol. The second kappa shape index (κ2) is 11.3. The molecule has 10 nitrogen and oxygen atoms in total. The van der Waals surface area contributed by atoms with Crippen LogP contribution in [0.1, 0.15) is 65.6 Å². The molecule has 3 heterocycles. The van der Waals surface area contributed by atoms with Crippen LogP contribution in [0.5, 0.6) is 0 Å². The molecule has 0 saturated heterocycles.